The first kappa shape index (κ1) is 21.6. The highest BCUT2D eigenvalue weighted by Crippen LogP contribution is 2.45. The molecule has 4 N–H and O–H groups in total. The maximum atomic E-state index is 12.3. The first-order chi connectivity index (χ1) is 13.7. The summed E-state index contributed by atoms with van der Waals surface area (Å²) in [4.78, 5) is 24.4. The largest absolute Gasteiger partial charge is 0.338 e. The van der Waals surface area contributed by atoms with Gasteiger partial charge in [-0.1, -0.05) is 45.7 Å². The predicted octanol–water partition coefficient (Wildman–Crippen LogP) is 5.57. The van der Waals surface area contributed by atoms with Crippen LogP contribution in [-0.2, 0) is 0 Å². The minimum Gasteiger partial charge on any atom is -0.338 e. The molecule has 6 nitrogen and oxygen atoms in total. The van der Waals surface area contributed by atoms with Crippen LogP contribution >= 0.6 is 31.9 Å². The molecule has 1 aliphatic rings. The van der Waals surface area contributed by atoms with Gasteiger partial charge in [0.15, 0.2) is 0 Å². The Kier molecular flexibility index (Phi) is 6.85. The molecule has 4 amide bonds. The highest BCUT2D eigenvalue weighted by molar-refractivity contribution is 9.10. The highest BCUT2D eigenvalue weighted by Gasteiger charge is 2.48. The molecule has 0 aliphatic heterocycles. The minimum atomic E-state index is -0.229. The Labute approximate surface area is 187 Å². The lowest BCUT2D eigenvalue weighted by molar-refractivity contribution is 0.0244. The SMILES string of the molecule is CC1(C)C(CNC(=O)Nc2ccc(Br)cc2)CC1NC(=O)Nc1ccc(Br)cc1. The Morgan fingerprint density at radius 2 is 1.38 bits per heavy atom. The van der Waals surface area contributed by atoms with Crippen molar-refractivity contribution in [3.8, 4) is 0 Å². The molecule has 29 heavy (non-hydrogen) atoms. The van der Waals surface area contributed by atoms with Crippen LogP contribution in [0.25, 0.3) is 0 Å². The van der Waals surface area contributed by atoms with E-state index in [1.807, 2.05) is 48.5 Å². The third-order valence-electron chi connectivity index (χ3n) is 5.49. The van der Waals surface area contributed by atoms with Gasteiger partial charge in [0, 0.05) is 32.9 Å². The van der Waals surface area contributed by atoms with Crippen LogP contribution in [0, 0.1) is 11.3 Å². The molecule has 0 bridgehead atoms. The van der Waals surface area contributed by atoms with E-state index in [9.17, 15) is 9.59 Å². The molecule has 0 spiro atoms. The van der Waals surface area contributed by atoms with Crippen molar-refractivity contribution in [1.82, 2.24) is 10.6 Å². The number of carbonyl (C=O) groups is 2. The first-order valence-electron chi connectivity index (χ1n) is 9.37. The van der Waals surface area contributed by atoms with Gasteiger partial charge in [-0.05, 0) is 66.3 Å². The maximum Gasteiger partial charge on any atom is 0.319 e. The van der Waals surface area contributed by atoms with Crippen molar-refractivity contribution in [2.24, 2.45) is 11.3 Å². The van der Waals surface area contributed by atoms with Gasteiger partial charge in [-0.15, -0.1) is 0 Å². The van der Waals surface area contributed by atoms with Crippen LogP contribution in [-0.4, -0.2) is 24.6 Å². The molecule has 3 rings (SSSR count). The number of rotatable bonds is 5. The Balaban J connectivity index is 1.42. The lowest BCUT2D eigenvalue weighted by Crippen LogP contribution is -2.61. The summed E-state index contributed by atoms with van der Waals surface area (Å²) in [6, 6.07) is 14.5. The lowest BCUT2D eigenvalue weighted by Gasteiger charge is -2.52. The molecule has 1 aliphatic carbocycles. The van der Waals surface area contributed by atoms with Crippen molar-refractivity contribution in [1.29, 1.82) is 0 Å². The molecule has 1 saturated carbocycles. The molecule has 2 unspecified atom stereocenters. The minimum absolute atomic E-state index is 0.0549. The number of urea groups is 2. The number of nitrogens with one attached hydrogen (secondary N) is 4. The van der Waals surface area contributed by atoms with Gasteiger partial charge in [0.25, 0.3) is 0 Å². The normalized spacial score (nSPS) is 19.6. The third-order valence-corrected chi connectivity index (χ3v) is 6.55. The van der Waals surface area contributed by atoms with Gasteiger partial charge in [0.2, 0.25) is 0 Å². The van der Waals surface area contributed by atoms with E-state index in [4.69, 9.17) is 0 Å². The fourth-order valence-electron chi connectivity index (χ4n) is 3.39. The number of benzene rings is 2. The van der Waals surface area contributed by atoms with Crippen LogP contribution in [0.5, 0.6) is 0 Å². The van der Waals surface area contributed by atoms with Crippen LogP contribution in [0.3, 0.4) is 0 Å². The van der Waals surface area contributed by atoms with E-state index in [0.29, 0.717) is 6.54 Å². The van der Waals surface area contributed by atoms with Crippen LogP contribution < -0.4 is 21.3 Å². The third kappa shape index (κ3) is 5.73. The molecule has 8 heteroatoms. The van der Waals surface area contributed by atoms with Gasteiger partial charge in [-0.2, -0.15) is 0 Å². The van der Waals surface area contributed by atoms with E-state index >= 15 is 0 Å². The molecular weight excluding hydrogens is 500 g/mol. The summed E-state index contributed by atoms with van der Waals surface area (Å²) in [6.07, 6.45) is 0.819. The van der Waals surface area contributed by atoms with Crippen molar-refractivity contribution in [3.63, 3.8) is 0 Å². The topological polar surface area (TPSA) is 82.3 Å². The number of anilines is 2. The molecule has 2 aromatic carbocycles. The van der Waals surface area contributed by atoms with E-state index in [0.717, 1.165) is 26.7 Å². The summed E-state index contributed by atoms with van der Waals surface area (Å²) in [7, 11) is 0. The molecule has 0 radical (unpaired) electrons. The molecule has 0 saturated heterocycles. The summed E-state index contributed by atoms with van der Waals surface area (Å²) in [5, 5.41) is 11.6. The molecule has 2 atom stereocenters. The van der Waals surface area contributed by atoms with Crippen LogP contribution in [0.2, 0.25) is 0 Å². The Morgan fingerprint density at radius 3 is 1.86 bits per heavy atom. The zero-order valence-corrected chi connectivity index (χ0v) is 19.4. The molecule has 2 aromatic rings. The summed E-state index contributed by atoms with van der Waals surface area (Å²) in [5.74, 6) is 0.288. The number of halogens is 2. The summed E-state index contributed by atoms with van der Waals surface area (Å²) < 4.78 is 1.92. The van der Waals surface area contributed by atoms with Crippen molar-refractivity contribution < 1.29 is 9.59 Å². The Morgan fingerprint density at radius 1 is 0.897 bits per heavy atom. The van der Waals surface area contributed by atoms with Gasteiger partial charge >= 0.3 is 12.1 Å². The van der Waals surface area contributed by atoms with Gasteiger partial charge in [-0.3, -0.25) is 0 Å². The molecular formula is C21H24Br2N4O2. The van der Waals surface area contributed by atoms with Gasteiger partial charge < -0.3 is 21.3 Å². The second kappa shape index (κ2) is 9.17. The number of hydrogen-bond acceptors (Lipinski definition) is 2. The second-order valence-corrected chi connectivity index (χ2v) is 9.59. The molecule has 154 valence electrons. The van der Waals surface area contributed by atoms with Crippen molar-refractivity contribution in [3.05, 3.63) is 57.5 Å². The summed E-state index contributed by atoms with van der Waals surface area (Å²) in [5.41, 5.74) is 1.37. The van der Waals surface area contributed by atoms with Crippen molar-refractivity contribution in [2.75, 3.05) is 17.2 Å². The van der Waals surface area contributed by atoms with E-state index in [1.165, 1.54) is 0 Å². The van der Waals surface area contributed by atoms with Gasteiger partial charge in [0.05, 0.1) is 0 Å². The van der Waals surface area contributed by atoms with Crippen LogP contribution in [0.4, 0.5) is 21.0 Å². The molecule has 1 fully saturated rings. The summed E-state index contributed by atoms with van der Waals surface area (Å²) >= 11 is 6.75. The molecule has 0 aromatic heterocycles. The van der Waals surface area contributed by atoms with Crippen molar-refractivity contribution >= 4 is 55.3 Å². The zero-order valence-electron chi connectivity index (χ0n) is 16.3. The van der Waals surface area contributed by atoms with E-state index in [-0.39, 0.29) is 29.4 Å². The highest BCUT2D eigenvalue weighted by atomic mass is 79.9. The lowest BCUT2D eigenvalue weighted by atomic mass is 9.58. The number of hydrogen-bond donors (Lipinski definition) is 4. The average Bonchev–Trinajstić information content (AvgIpc) is 2.67. The Hall–Kier alpha value is -2.06. The van der Waals surface area contributed by atoms with E-state index < -0.39 is 0 Å². The zero-order chi connectivity index (χ0) is 21.0. The summed E-state index contributed by atoms with van der Waals surface area (Å²) in [6.45, 7) is 4.78. The number of carbonyl (C=O) groups excluding carboxylic acids is 2. The van der Waals surface area contributed by atoms with Crippen LogP contribution in [0.1, 0.15) is 20.3 Å². The Bertz CT molecular complexity index is 869. The number of amides is 4. The van der Waals surface area contributed by atoms with E-state index in [1.54, 1.807) is 0 Å². The smallest absolute Gasteiger partial charge is 0.319 e. The van der Waals surface area contributed by atoms with Gasteiger partial charge in [-0.25, -0.2) is 9.59 Å². The standard InChI is InChI=1S/C21H24Br2N4O2/c1-21(2)13(12-24-19(28)25-16-7-3-14(22)4-8-16)11-18(21)27-20(29)26-17-9-5-15(23)6-10-17/h3-10,13,18H,11-12H2,1-2H3,(H2,24,25,28)(H2,26,27,29). The fraction of sp³-hybridized carbons (Fsp3) is 0.333. The van der Waals surface area contributed by atoms with E-state index in [2.05, 4.69) is 67.0 Å². The van der Waals surface area contributed by atoms with Gasteiger partial charge in [0.1, 0.15) is 0 Å². The second-order valence-electron chi connectivity index (χ2n) is 7.75. The predicted molar refractivity (Wildman–Crippen MR) is 123 cm³/mol. The maximum absolute atomic E-state index is 12.3. The fourth-order valence-corrected chi connectivity index (χ4v) is 3.92. The average molecular weight is 524 g/mol. The first-order valence-corrected chi connectivity index (χ1v) is 11.0. The monoisotopic (exact) mass is 522 g/mol. The molecule has 0 heterocycles. The quantitative estimate of drug-likeness (QED) is 0.413. The van der Waals surface area contributed by atoms with Crippen LogP contribution in [0.15, 0.2) is 57.5 Å². The van der Waals surface area contributed by atoms with Crippen molar-refractivity contribution in [2.45, 2.75) is 26.3 Å².